The van der Waals surface area contributed by atoms with E-state index in [1.54, 1.807) is 23.7 Å². The minimum atomic E-state index is -0.198. The van der Waals surface area contributed by atoms with Gasteiger partial charge < -0.3 is 10.1 Å². The predicted molar refractivity (Wildman–Crippen MR) is 79.5 cm³/mol. The third kappa shape index (κ3) is 4.15. The van der Waals surface area contributed by atoms with Crippen LogP contribution >= 0.6 is 11.3 Å². The highest BCUT2D eigenvalue weighted by atomic mass is 32.1. The fourth-order valence-corrected chi connectivity index (χ4v) is 2.80. The molecule has 2 rings (SSSR count). The average Bonchev–Trinajstić information content (AvgIpc) is 2.93. The van der Waals surface area contributed by atoms with Crippen LogP contribution in [0.5, 0.6) is 0 Å². The molecule has 0 aliphatic heterocycles. The van der Waals surface area contributed by atoms with Crippen molar-refractivity contribution < 1.29 is 9.53 Å². The molecule has 0 amide bonds. The average molecular weight is 290 g/mol. The first-order valence-electron chi connectivity index (χ1n) is 6.46. The molecule has 0 radical (unpaired) electrons. The first kappa shape index (κ1) is 14.7. The number of thiophene rings is 1. The number of esters is 1. The summed E-state index contributed by atoms with van der Waals surface area (Å²) < 4.78 is 4.67. The van der Waals surface area contributed by atoms with E-state index in [0.717, 1.165) is 11.4 Å². The molecule has 2 aromatic heterocycles. The third-order valence-corrected chi connectivity index (χ3v) is 4.14. The summed E-state index contributed by atoms with van der Waals surface area (Å²) in [6.45, 7) is 2.91. The van der Waals surface area contributed by atoms with Crippen LogP contribution in [-0.4, -0.2) is 18.1 Å². The van der Waals surface area contributed by atoms with Gasteiger partial charge in [-0.05, 0) is 36.8 Å². The van der Waals surface area contributed by atoms with Gasteiger partial charge in [0, 0.05) is 34.7 Å². The highest BCUT2D eigenvalue weighted by Gasteiger charge is 2.08. The second-order valence-corrected chi connectivity index (χ2v) is 5.76. The van der Waals surface area contributed by atoms with Gasteiger partial charge in [0.2, 0.25) is 0 Å². The Morgan fingerprint density at radius 3 is 2.70 bits per heavy atom. The van der Waals surface area contributed by atoms with E-state index in [-0.39, 0.29) is 12.0 Å². The number of methoxy groups -OCH3 is 1. The molecule has 1 atom stereocenters. The van der Waals surface area contributed by atoms with Gasteiger partial charge in [-0.25, -0.2) is 0 Å². The summed E-state index contributed by atoms with van der Waals surface area (Å²) in [5, 5.41) is 3.46. The summed E-state index contributed by atoms with van der Waals surface area (Å²) in [6.07, 6.45) is 3.95. The van der Waals surface area contributed by atoms with Gasteiger partial charge in [0.15, 0.2) is 0 Å². The zero-order valence-electron chi connectivity index (χ0n) is 11.6. The quantitative estimate of drug-likeness (QED) is 0.831. The maximum atomic E-state index is 11.2. The Morgan fingerprint density at radius 2 is 2.00 bits per heavy atom. The molecule has 0 aromatic carbocycles. The lowest BCUT2D eigenvalue weighted by Gasteiger charge is -2.12. The minimum absolute atomic E-state index is 0.198. The van der Waals surface area contributed by atoms with Crippen LogP contribution in [0.2, 0.25) is 0 Å². The monoisotopic (exact) mass is 290 g/mol. The van der Waals surface area contributed by atoms with E-state index in [9.17, 15) is 4.79 Å². The number of hydrogen-bond acceptors (Lipinski definition) is 5. The van der Waals surface area contributed by atoms with E-state index in [1.165, 1.54) is 17.6 Å². The smallest absolute Gasteiger partial charge is 0.310 e. The summed E-state index contributed by atoms with van der Waals surface area (Å²) in [7, 11) is 1.41. The molecule has 0 fully saturated rings. The Hall–Kier alpha value is -1.72. The number of carbonyl (C=O) groups is 1. The highest BCUT2D eigenvalue weighted by Crippen LogP contribution is 2.19. The Morgan fingerprint density at radius 1 is 1.30 bits per heavy atom. The van der Waals surface area contributed by atoms with Gasteiger partial charge in [0.25, 0.3) is 0 Å². The lowest BCUT2D eigenvalue weighted by atomic mass is 10.1. The van der Waals surface area contributed by atoms with Crippen LogP contribution in [0, 0.1) is 0 Å². The van der Waals surface area contributed by atoms with Gasteiger partial charge in [-0.2, -0.15) is 0 Å². The molecular weight excluding hydrogens is 272 g/mol. The molecule has 5 heteroatoms. The van der Waals surface area contributed by atoms with Crippen molar-refractivity contribution in [3.05, 3.63) is 52.0 Å². The van der Waals surface area contributed by atoms with E-state index in [1.807, 2.05) is 18.2 Å². The number of ether oxygens (including phenoxy) is 1. The van der Waals surface area contributed by atoms with E-state index in [0.29, 0.717) is 6.42 Å². The van der Waals surface area contributed by atoms with Gasteiger partial charge in [-0.15, -0.1) is 11.3 Å². The van der Waals surface area contributed by atoms with Crippen LogP contribution < -0.4 is 5.32 Å². The van der Waals surface area contributed by atoms with Crippen molar-refractivity contribution in [2.24, 2.45) is 0 Å². The largest absolute Gasteiger partial charge is 0.469 e. The number of nitrogens with one attached hydrogen (secondary N) is 1. The molecule has 2 heterocycles. The van der Waals surface area contributed by atoms with Crippen LogP contribution in [0.1, 0.15) is 28.3 Å². The molecule has 0 spiro atoms. The molecule has 106 valence electrons. The predicted octanol–water partition coefficient (Wildman–Crippen LogP) is 2.71. The molecule has 0 unspecified atom stereocenters. The number of nitrogens with zero attached hydrogens (tertiary/aromatic N) is 1. The van der Waals surface area contributed by atoms with Crippen molar-refractivity contribution >= 4 is 17.3 Å². The van der Waals surface area contributed by atoms with E-state index in [2.05, 4.69) is 28.0 Å². The summed E-state index contributed by atoms with van der Waals surface area (Å²) >= 11 is 1.64. The van der Waals surface area contributed by atoms with Crippen molar-refractivity contribution in [2.75, 3.05) is 7.11 Å². The lowest BCUT2D eigenvalue weighted by molar-refractivity contribution is -0.139. The summed E-state index contributed by atoms with van der Waals surface area (Å²) in [6, 6.07) is 8.32. The number of pyridine rings is 1. The van der Waals surface area contributed by atoms with Crippen molar-refractivity contribution in [2.45, 2.75) is 25.9 Å². The fourth-order valence-electron chi connectivity index (χ4n) is 1.85. The van der Waals surface area contributed by atoms with Gasteiger partial charge >= 0.3 is 5.97 Å². The first-order chi connectivity index (χ1) is 9.69. The topological polar surface area (TPSA) is 51.2 Å². The van der Waals surface area contributed by atoms with E-state index in [4.69, 9.17) is 0 Å². The normalized spacial score (nSPS) is 12.1. The summed E-state index contributed by atoms with van der Waals surface area (Å²) in [4.78, 5) is 17.5. The van der Waals surface area contributed by atoms with Crippen molar-refractivity contribution in [1.29, 1.82) is 0 Å². The van der Waals surface area contributed by atoms with Crippen molar-refractivity contribution in [3.8, 4) is 0 Å². The van der Waals surface area contributed by atoms with Crippen LogP contribution in [0.4, 0.5) is 0 Å². The molecule has 0 aliphatic carbocycles. The van der Waals surface area contributed by atoms with Crippen molar-refractivity contribution in [1.82, 2.24) is 10.3 Å². The maximum absolute atomic E-state index is 11.2. The van der Waals surface area contributed by atoms with Crippen LogP contribution in [0.15, 0.2) is 36.7 Å². The van der Waals surface area contributed by atoms with Crippen LogP contribution in [0.25, 0.3) is 0 Å². The number of rotatable bonds is 6. The number of hydrogen-bond donors (Lipinski definition) is 1. The Labute approximate surface area is 122 Å². The molecule has 2 aromatic rings. The van der Waals surface area contributed by atoms with Gasteiger partial charge in [0.1, 0.15) is 0 Å². The van der Waals surface area contributed by atoms with Gasteiger partial charge in [0.05, 0.1) is 13.5 Å². The molecule has 0 aliphatic rings. The molecule has 4 nitrogen and oxygen atoms in total. The van der Waals surface area contributed by atoms with Gasteiger partial charge in [-0.1, -0.05) is 0 Å². The minimum Gasteiger partial charge on any atom is -0.469 e. The van der Waals surface area contributed by atoms with Crippen molar-refractivity contribution in [3.63, 3.8) is 0 Å². The second kappa shape index (κ2) is 7.17. The van der Waals surface area contributed by atoms with Crippen LogP contribution in [-0.2, 0) is 22.5 Å². The standard InChI is InChI=1S/C15H18N2O2S/c1-11(12-5-7-16-8-6-12)17-10-14-4-3-13(20-14)9-15(18)19-2/h3-8,11,17H,9-10H2,1-2H3/t11-/m1/s1. The summed E-state index contributed by atoms with van der Waals surface area (Å²) in [5.74, 6) is -0.198. The molecule has 1 N–H and O–H groups in total. The van der Waals surface area contributed by atoms with E-state index >= 15 is 0 Å². The Balaban J connectivity index is 1.87. The zero-order valence-corrected chi connectivity index (χ0v) is 12.4. The second-order valence-electron chi connectivity index (χ2n) is 4.50. The molecule has 20 heavy (non-hydrogen) atoms. The molecule has 0 saturated heterocycles. The number of carbonyl (C=O) groups excluding carboxylic acids is 1. The van der Waals surface area contributed by atoms with E-state index < -0.39 is 0 Å². The zero-order chi connectivity index (χ0) is 14.4. The number of aromatic nitrogens is 1. The highest BCUT2D eigenvalue weighted by molar-refractivity contribution is 7.12. The SMILES string of the molecule is COC(=O)Cc1ccc(CN[C@H](C)c2ccncc2)s1. The molecule has 0 bridgehead atoms. The van der Waals surface area contributed by atoms with Gasteiger partial charge in [-0.3, -0.25) is 9.78 Å². The third-order valence-electron chi connectivity index (χ3n) is 3.05. The molecule has 0 saturated carbocycles. The van der Waals surface area contributed by atoms with Crippen LogP contribution in [0.3, 0.4) is 0 Å². The lowest BCUT2D eigenvalue weighted by Crippen LogP contribution is -2.17. The first-order valence-corrected chi connectivity index (χ1v) is 7.28. The fraction of sp³-hybridized carbons (Fsp3) is 0.333. The summed E-state index contributed by atoms with van der Waals surface area (Å²) in [5.41, 5.74) is 1.21. The Kier molecular flexibility index (Phi) is 5.26. The maximum Gasteiger partial charge on any atom is 0.310 e. The molecular formula is C15H18N2O2S. The Bertz CT molecular complexity index is 554.